The summed E-state index contributed by atoms with van der Waals surface area (Å²) in [7, 11) is 0. The normalized spacial score (nSPS) is 57.7. The highest BCUT2D eigenvalue weighted by atomic mass is 16.6. The summed E-state index contributed by atoms with van der Waals surface area (Å²) in [5.74, 6) is 0.809. The Morgan fingerprint density at radius 1 is 1.54 bits per heavy atom. The highest BCUT2D eigenvalue weighted by molar-refractivity contribution is 5.13. The lowest BCUT2D eigenvalue weighted by atomic mass is 9.60. The lowest BCUT2D eigenvalue weighted by Crippen LogP contribution is -2.50. The van der Waals surface area contributed by atoms with Crippen molar-refractivity contribution in [3.05, 3.63) is 0 Å². The molecule has 2 bridgehead atoms. The number of rotatable bonds is 2. The molecule has 13 heavy (non-hydrogen) atoms. The third kappa shape index (κ3) is 0.962. The molecule has 2 nitrogen and oxygen atoms in total. The molecule has 74 valence electrons. The Morgan fingerprint density at radius 3 is 3.15 bits per heavy atom. The van der Waals surface area contributed by atoms with Crippen LogP contribution in [-0.2, 0) is 9.47 Å². The van der Waals surface area contributed by atoms with Gasteiger partial charge in [0.05, 0.1) is 18.3 Å². The molecule has 0 N–H and O–H groups in total. The Balaban J connectivity index is 1.84. The van der Waals surface area contributed by atoms with Gasteiger partial charge in [-0.15, -0.1) is 0 Å². The number of hydrogen-bond acceptors (Lipinski definition) is 2. The fourth-order valence-electron chi connectivity index (χ4n) is 3.42. The van der Waals surface area contributed by atoms with Gasteiger partial charge in [-0.2, -0.15) is 0 Å². The van der Waals surface area contributed by atoms with Crippen LogP contribution in [0.3, 0.4) is 0 Å². The minimum absolute atomic E-state index is 0.343. The Morgan fingerprint density at radius 2 is 2.38 bits per heavy atom. The molecule has 1 heterocycles. The maximum absolute atomic E-state index is 5.84. The van der Waals surface area contributed by atoms with Crippen molar-refractivity contribution in [3.8, 4) is 0 Å². The van der Waals surface area contributed by atoms with Gasteiger partial charge < -0.3 is 9.47 Å². The fourth-order valence-corrected chi connectivity index (χ4v) is 3.42. The molecule has 5 atom stereocenters. The molecule has 0 amide bonds. The van der Waals surface area contributed by atoms with E-state index in [-0.39, 0.29) is 0 Å². The summed E-state index contributed by atoms with van der Waals surface area (Å²) in [6.45, 7) is 5.30. The lowest BCUT2D eigenvalue weighted by molar-refractivity contribution is -0.0892. The lowest BCUT2D eigenvalue weighted by Gasteiger charge is -2.46. The topological polar surface area (TPSA) is 21.8 Å². The van der Waals surface area contributed by atoms with E-state index >= 15 is 0 Å². The first kappa shape index (κ1) is 8.25. The van der Waals surface area contributed by atoms with Crippen molar-refractivity contribution in [1.82, 2.24) is 0 Å². The molecule has 4 fully saturated rings. The standard InChI is InChI=1S/C11H18O2/c1-3-12-8-6-7-4-5-11(8,2)10-9(7)13-10/h7-10H,3-6H2,1-2H3. The van der Waals surface area contributed by atoms with Crippen LogP contribution in [0.25, 0.3) is 0 Å². The van der Waals surface area contributed by atoms with E-state index in [2.05, 4.69) is 13.8 Å². The van der Waals surface area contributed by atoms with E-state index in [4.69, 9.17) is 9.47 Å². The van der Waals surface area contributed by atoms with Crippen molar-refractivity contribution in [2.75, 3.05) is 6.61 Å². The van der Waals surface area contributed by atoms with Gasteiger partial charge in [0.15, 0.2) is 0 Å². The SMILES string of the molecule is CCOC1CC2CCC1(C)C1OC21. The fraction of sp³-hybridized carbons (Fsp3) is 1.00. The van der Waals surface area contributed by atoms with Gasteiger partial charge in [-0.1, -0.05) is 6.92 Å². The van der Waals surface area contributed by atoms with Crippen LogP contribution in [0.1, 0.15) is 33.1 Å². The molecule has 1 saturated heterocycles. The van der Waals surface area contributed by atoms with E-state index in [1.54, 1.807) is 0 Å². The number of epoxide rings is 1. The highest BCUT2D eigenvalue weighted by Crippen LogP contribution is 2.60. The summed E-state index contributed by atoms with van der Waals surface area (Å²) in [5, 5.41) is 0. The zero-order valence-electron chi connectivity index (χ0n) is 8.45. The molecule has 0 spiro atoms. The molecule has 0 aromatic rings. The molecule has 0 aromatic heterocycles. The summed E-state index contributed by atoms with van der Waals surface area (Å²) in [4.78, 5) is 0. The number of fused-ring (bicyclic) bond motifs is 2. The van der Waals surface area contributed by atoms with Crippen molar-refractivity contribution in [2.45, 2.75) is 51.4 Å². The largest absolute Gasteiger partial charge is 0.378 e. The second-order valence-corrected chi connectivity index (χ2v) is 5.01. The van der Waals surface area contributed by atoms with Gasteiger partial charge in [0.2, 0.25) is 0 Å². The van der Waals surface area contributed by atoms with Crippen LogP contribution in [0.5, 0.6) is 0 Å². The molecule has 3 saturated carbocycles. The molecule has 0 aromatic carbocycles. The molecular formula is C11H18O2. The zero-order chi connectivity index (χ0) is 9.05. The molecule has 2 heteroatoms. The van der Waals surface area contributed by atoms with Crippen molar-refractivity contribution >= 4 is 0 Å². The minimum atomic E-state index is 0.343. The molecule has 4 rings (SSSR count). The summed E-state index contributed by atoms with van der Waals surface area (Å²) in [6, 6.07) is 0. The van der Waals surface area contributed by atoms with Crippen LogP contribution < -0.4 is 0 Å². The van der Waals surface area contributed by atoms with Gasteiger partial charge in [-0.3, -0.25) is 0 Å². The van der Waals surface area contributed by atoms with Crippen molar-refractivity contribution in [1.29, 1.82) is 0 Å². The Bertz CT molecular complexity index is 228. The molecule has 0 radical (unpaired) electrons. The zero-order valence-corrected chi connectivity index (χ0v) is 8.45. The van der Waals surface area contributed by atoms with Crippen molar-refractivity contribution < 1.29 is 9.47 Å². The van der Waals surface area contributed by atoms with Crippen LogP contribution in [0.2, 0.25) is 0 Å². The third-order valence-corrected chi connectivity index (χ3v) is 4.31. The first-order valence-electron chi connectivity index (χ1n) is 5.53. The first-order chi connectivity index (χ1) is 6.25. The maximum Gasteiger partial charge on any atom is 0.0922 e. The van der Waals surface area contributed by atoms with Crippen LogP contribution in [-0.4, -0.2) is 24.9 Å². The Hall–Kier alpha value is -0.0800. The number of hydrogen-bond donors (Lipinski definition) is 0. The summed E-state index contributed by atoms with van der Waals surface area (Å²) >= 11 is 0. The van der Waals surface area contributed by atoms with Crippen molar-refractivity contribution in [3.63, 3.8) is 0 Å². The van der Waals surface area contributed by atoms with Gasteiger partial charge in [-0.05, 0) is 32.1 Å². The second kappa shape index (κ2) is 2.48. The predicted molar refractivity (Wildman–Crippen MR) is 49.5 cm³/mol. The van der Waals surface area contributed by atoms with E-state index in [1.165, 1.54) is 19.3 Å². The van der Waals surface area contributed by atoms with Crippen LogP contribution in [0.15, 0.2) is 0 Å². The summed E-state index contributed by atoms with van der Waals surface area (Å²) in [5.41, 5.74) is 0.343. The van der Waals surface area contributed by atoms with Crippen LogP contribution in [0, 0.1) is 11.3 Å². The van der Waals surface area contributed by atoms with E-state index in [0.717, 1.165) is 12.5 Å². The van der Waals surface area contributed by atoms with Gasteiger partial charge in [0.25, 0.3) is 0 Å². The van der Waals surface area contributed by atoms with E-state index in [1.807, 2.05) is 0 Å². The molecule has 1 aliphatic heterocycles. The third-order valence-electron chi connectivity index (χ3n) is 4.31. The average molecular weight is 182 g/mol. The quantitative estimate of drug-likeness (QED) is 0.609. The van der Waals surface area contributed by atoms with E-state index in [0.29, 0.717) is 23.7 Å². The minimum Gasteiger partial charge on any atom is -0.378 e. The van der Waals surface area contributed by atoms with Crippen LogP contribution >= 0.6 is 0 Å². The highest BCUT2D eigenvalue weighted by Gasteiger charge is 2.65. The monoisotopic (exact) mass is 182 g/mol. The average Bonchev–Trinajstić information content (AvgIpc) is 2.88. The maximum atomic E-state index is 5.84. The van der Waals surface area contributed by atoms with Gasteiger partial charge in [-0.25, -0.2) is 0 Å². The molecular weight excluding hydrogens is 164 g/mol. The van der Waals surface area contributed by atoms with Gasteiger partial charge in [0.1, 0.15) is 0 Å². The van der Waals surface area contributed by atoms with Crippen LogP contribution in [0.4, 0.5) is 0 Å². The molecule has 5 unspecified atom stereocenters. The molecule has 3 aliphatic carbocycles. The van der Waals surface area contributed by atoms with Crippen molar-refractivity contribution in [2.24, 2.45) is 11.3 Å². The van der Waals surface area contributed by atoms with E-state index < -0.39 is 0 Å². The van der Waals surface area contributed by atoms with E-state index in [9.17, 15) is 0 Å². The first-order valence-corrected chi connectivity index (χ1v) is 5.53. The molecule has 4 aliphatic rings. The van der Waals surface area contributed by atoms with Gasteiger partial charge in [0, 0.05) is 12.0 Å². The Labute approximate surface area is 79.6 Å². The van der Waals surface area contributed by atoms with Gasteiger partial charge >= 0.3 is 0 Å². The summed E-state index contributed by atoms with van der Waals surface area (Å²) < 4.78 is 11.6. The Kier molecular flexibility index (Phi) is 1.58. The number of ether oxygens (including phenoxy) is 2. The summed E-state index contributed by atoms with van der Waals surface area (Å²) in [6.07, 6.45) is 5.53. The smallest absolute Gasteiger partial charge is 0.0922 e. The second-order valence-electron chi connectivity index (χ2n) is 5.01. The predicted octanol–water partition coefficient (Wildman–Crippen LogP) is 1.98.